The molecule has 0 radical (unpaired) electrons. The third-order valence-corrected chi connectivity index (χ3v) is 2.57. The topological polar surface area (TPSA) is 65.3 Å². The zero-order valence-electron chi connectivity index (χ0n) is 8.31. The van der Waals surface area contributed by atoms with E-state index >= 15 is 0 Å². The van der Waals surface area contributed by atoms with Gasteiger partial charge in [-0.3, -0.25) is 10.1 Å². The molecule has 2 aromatic rings. The summed E-state index contributed by atoms with van der Waals surface area (Å²) >= 11 is 5.96. The van der Waals surface area contributed by atoms with Crippen molar-refractivity contribution in [2.24, 2.45) is 0 Å². The Bertz CT molecular complexity index is 571. The van der Waals surface area contributed by atoms with Crippen LogP contribution in [0.5, 0.6) is 5.75 Å². The van der Waals surface area contributed by atoms with Crippen LogP contribution in [0.4, 0.5) is 5.69 Å². The van der Waals surface area contributed by atoms with Gasteiger partial charge in [-0.2, -0.15) is 0 Å². The molecule has 0 unspecified atom stereocenters. The van der Waals surface area contributed by atoms with Crippen LogP contribution < -0.4 is 4.74 Å². The second-order valence-corrected chi connectivity index (χ2v) is 3.45. The van der Waals surface area contributed by atoms with Crippen molar-refractivity contribution in [1.29, 1.82) is 0 Å². The van der Waals surface area contributed by atoms with Crippen molar-refractivity contribution in [3.8, 4) is 5.75 Å². The van der Waals surface area contributed by atoms with Crippen LogP contribution in [0, 0.1) is 10.1 Å². The molecule has 0 bridgehead atoms. The maximum Gasteiger partial charge on any atom is 0.306 e. The molecule has 16 heavy (non-hydrogen) atoms. The molecule has 1 aromatic heterocycles. The van der Waals surface area contributed by atoms with Gasteiger partial charge in [0.15, 0.2) is 0 Å². The summed E-state index contributed by atoms with van der Waals surface area (Å²) < 4.78 is 5.10. The first-order chi connectivity index (χ1) is 7.65. The fraction of sp³-hybridized carbons (Fsp3) is 0.100. The molecule has 0 amide bonds. The minimum Gasteiger partial charge on any atom is -0.496 e. The lowest BCUT2D eigenvalue weighted by Crippen LogP contribution is -1.93. The zero-order chi connectivity index (χ0) is 11.7. The molecule has 0 saturated carbocycles. The van der Waals surface area contributed by atoms with Gasteiger partial charge in [0.2, 0.25) is 0 Å². The molecule has 0 N–H and O–H groups in total. The maximum atomic E-state index is 10.7. The maximum absolute atomic E-state index is 10.7. The fourth-order valence-corrected chi connectivity index (χ4v) is 1.77. The molecule has 0 aliphatic carbocycles. The first-order valence-electron chi connectivity index (χ1n) is 4.40. The molecule has 1 heterocycles. The van der Waals surface area contributed by atoms with Crippen LogP contribution in [0.3, 0.4) is 0 Å². The van der Waals surface area contributed by atoms with E-state index < -0.39 is 4.92 Å². The van der Waals surface area contributed by atoms with Gasteiger partial charge in [0.05, 0.1) is 22.9 Å². The summed E-state index contributed by atoms with van der Waals surface area (Å²) in [7, 11) is 1.48. The lowest BCUT2D eigenvalue weighted by Gasteiger charge is -2.06. The molecule has 82 valence electrons. The van der Waals surface area contributed by atoms with Crippen LogP contribution in [0.1, 0.15) is 0 Å². The highest BCUT2D eigenvalue weighted by atomic mass is 35.5. The fourth-order valence-electron chi connectivity index (χ4n) is 1.46. The lowest BCUT2D eigenvalue weighted by atomic mass is 10.2. The second-order valence-electron chi connectivity index (χ2n) is 3.07. The summed E-state index contributed by atoms with van der Waals surface area (Å²) in [6, 6.07) is 5.14. The van der Waals surface area contributed by atoms with Gasteiger partial charge >= 0.3 is 5.69 Å². The molecular weight excluding hydrogens is 232 g/mol. The number of hydrogen-bond donors (Lipinski definition) is 0. The lowest BCUT2D eigenvalue weighted by molar-refractivity contribution is -0.384. The van der Waals surface area contributed by atoms with E-state index in [-0.39, 0.29) is 10.7 Å². The van der Waals surface area contributed by atoms with Crippen LogP contribution in [0.2, 0.25) is 5.02 Å². The predicted octanol–water partition coefficient (Wildman–Crippen LogP) is 2.81. The van der Waals surface area contributed by atoms with Crippen molar-refractivity contribution in [1.82, 2.24) is 4.98 Å². The summed E-state index contributed by atoms with van der Waals surface area (Å²) in [6.45, 7) is 0. The van der Waals surface area contributed by atoms with E-state index in [9.17, 15) is 10.1 Å². The number of rotatable bonds is 2. The average molecular weight is 239 g/mol. The Labute approximate surface area is 95.8 Å². The molecule has 0 spiro atoms. The Morgan fingerprint density at radius 1 is 1.50 bits per heavy atom. The van der Waals surface area contributed by atoms with Crippen molar-refractivity contribution in [2.45, 2.75) is 0 Å². The van der Waals surface area contributed by atoms with Crippen molar-refractivity contribution >= 4 is 28.2 Å². The molecule has 0 saturated heterocycles. The number of ether oxygens (including phenoxy) is 1. The Balaban J connectivity index is 2.86. The number of halogens is 1. The first kappa shape index (κ1) is 10.6. The van der Waals surface area contributed by atoms with Crippen molar-refractivity contribution in [3.63, 3.8) is 0 Å². The molecule has 0 fully saturated rings. The van der Waals surface area contributed by atoms with E-state index in [1.54, 1.807) is 18.2 Å². The molecule has 0 atom stereocenters. The number of fused-ring (bicyclic) bond motifs is 1. The number of methoxy groups -OCH3 is 1. The largest absolute Gasteiger partial charge is 0.496 e. The minimum atomic E-state index is -0.568. The van der Waals surface area contributed by atoms with E-state index in [1.807, 2.05) is 0 Å². The predicted molar refractivity (Wildman–Crippen MR) is 60.0 cm³/mol. The first-order valence-corrected chi connectivity index (χ1v) is 4.78. The number of pyridine rings is 1. The summed E-state index contributed by atoms with van der Waals surface area (Å²) in [4.78, 5) is 14.1. The molecule has 5 nitrogen and oxygen atoms in total. The highest BCUT2D eigenvalue weighted by Crippen LogP contribution is 2.36. The van der Waals surface area contributed by atoms with Crippen molar-refractivity contribution in [3.05, 3.63) is 39.5 Å². The second kappa shape index (κ2) is 3.94. The summed E-state index contributed by atoms with van der Waals surface area (Å²) in [5.74, 6) is 0.471. The number of benzene rings is 1. The van der Waals surface area contributed by atoms with Gasteiger partial charge < -0.3 is 4.74 Å². The Morgan fingerprint density at radius 2 is 2.25 bits per heavy atom. The van der Waals surface area contributed by atoms with Gasteiger partial charge in [-0.15, -0.1) is 0 Å². The van der Waals surface area contributed by atoms with Crippen molar-refractivity contribution < 1.29 is 9.66 Å². The van der Waals surface area contributed by atoms with Crippen LogP contribution >= 0.6 is 11.6 Å². The summed E-state index contributed by atoms with van der Waals surface area (Å²) in [5, 5.41) is 11.2. The Kier molecular flexibility index (Phi) is 2.62. The normalized spacial score (nSPS) is 10.4. The number of aromatic nitrogens is 1. The molecule has 6 heteroatoms. The third kappa shape index (κ3) is 1.55. The Hall–Kier alpha value is -1.88. The van der Waals surface area contributed by atoms with Gasteiger partial charge in [0, 0.05) is 0 Å². The number of nitro groups is 1. The summed E-state index contributed by atoms with van der Waals surface area (Å²) in [5.41, 5.74) is 0.341. The smallest absolute Gasteiger partial charge is 0.306 e. The van der Waals surface area contributed by atoms with Gasteiger partial charge in [-0.05, 0) is 12.1 Å². The highest BCUT2D eigenvalue weighted by molar-refractivity contribution is 6.38. The van der Waals surface area contributed by atoms with E-state index in [0.717, 1.165) is 6.20 Å². The zero-order valence-corrected chi connectivity index (χ0v) is 9.06. The van der Waals surface area contributed by atoms with E-state index in [0.29, 0.717) is 16.7 Å². The van der Waals surface area contributed by atoms with Crippen LogP contribution in [0.25, 0.3) is 10.9 Å². The van der Waals surface area contributed by atoms with Crippen LogP contribution in [-0.4, -0.2) is 17.0 Å². The SMILES string of the molecule is COc1cccc2ncc([N+](=O)[O-])c(Cl)c12. The van der Waals surface area contributed by atoms with Crippen LogP contribution in [0.15, 0.2) is 24.4 Å². The molecule has 0 aliphatic rings. The van der Waals surface area contributed by atoms with Crippen LogP contribution in [-0.2, 0) is 0 Å². The van der Waals surface area contributed by atoms with E-state index in [4.69, 9.17) is 16.3 Å². The van der Waals surface area contributed by atoms with E-state index in [1.165, 1.54) is 7.11 Å². The quantitative estimate of drug-likeness (QED) is 0.596. The molecule has 2 rings (SSSR count). The summed E-state index contributed by atoms with van der Waals surface area (Å²) in [6.07, 6.45) is 1.14. The van der Waals surface area contributed by atoms with Gasteiger partial charge in [0.25, 0.3) is 0 Å². The molecule has 1 aromatic carbocycles. The minimum absolute atomic E-state index is 0.0486. The highest BCUT2D eigenvalue weighted by Gasteiger charge is 2.18. The van der Waals surface area contributed by atoms with E-state index in [2.05, 4.69) is 4.98 Å². The number of hydrogen-bond acceptors (Lipinski definition) is 4. The van der Waals surface area contributed by atoms with Gasteiger partial charge in [-0.25, -0.2) is 4.98 Å². The standard InChI is InChI=1S/C10H7ClN2O3/c1-16-8-4-2-3-6-9(8)10(11)7(5-12-6)13(14)15/h2-5H,1H3. The van der Waals surface area contributed by atoms with Crippen molar-refractivity contribution in [2.75, 3.05) is 7.11 Å². The average Bonchev–Trinajstić information content (AvgIpc) is 2.28. The van der Waals surface area contributed by atoms with Gasteiger partial charge in [0.1, 0.15) is 17.0 Å². The third-order valence-electron chi connectivity index (χ3n) is 2.19. The van der Waals surface area contributed by atoms with Gasteiger partial charge in [-0.1, -0.05) is 17.7 Å². The molecule has 0 aliphatic heterocycles. The Morgan fingerprint density at radius 3 is 2.88 bits per heavy atom. The monoisotopic (exact) mass is 238 g/mol. The number of nitrogens with zero attached hydrogens (tertiary/aromatic N) is 2. The molecular formula is C10H7ClN2O3.